The van der Waals surface area contributed by atoms with E-state index < -0.39 is 0 Å². The lowest BCUT2D eigenvalue weighted by molar-refractivity contribution is 0.621. The maximum absolute atomic E-state index is 13.1. The highest BCUT2D eigenvalue weighted by Crippen LogP contribution is 2.23. The first-order valence-electron chi connectivity index (χ1n) is 5.05. The lowest BCUT2D eigenvalue weighted by Crippen LogP contribution is -2.12. The van der Waals surface area contributed by atoms with E-state index in [9.17, 15) is 4.39 Å². The molecule has 0 saturated heterocycles. The summed E-state index contributed by atoms with van der Waals surface area (Å²) in [5.41, 5.74) is 6.94. The molecule has 0 aliphatic heterocycles. The van der Waals surface area contributed by atoms with E-state index in [0.29, 0.717) is 21.5 Å². The number of nitrogens with zero attached hydrogens (tertiary/aromatic N) is 1. The number of benzene rings is 1. The van der Waals surface area contributed by atoms with Crippen LogP contribution in [0, 0.1) is 5.82 Å². The van der Waals surface area contributed by atoms with Crippen LogP contribution in [0.5, 0.6) is 0 Å². The Hall–Kier alpha value is -1.53. The van der Waals surface area contributed by atoms with Crippen LogP contribution in [-0.4, -0.2) is 9.97 Å². The summed E-state index contributed by atoms with van der Waals surface area (Å²) in [5, 5.41) is 3.05. The Labute approximate surface area is 117 Å². The minimum Gasteiger partial charge on any atom is -0.389 e. The Morgan fingerprint density at radius 1 is 1.39 bits per heavy atom. The van der Waals surface area contributed by atoms with Gasteiger partial charge in [-0.2, -0.15) is 0 Å². The molecule has 6 heteroatoms. The van der Waals surface area contributed by atoms with Gasteiger partial charge in [-0.1, -0.05) is 12.2 Å². The van der Waals surface area contributed by atoms with Crippen molar-refractivity contribution < 1.29 is 4.39 Å². The molecule has 0 fully saturated rings. The molecule has 0 aliphatic rings. The fourth-order valence-corrected chi connectivity index (χ4v) is 1.96. The molecule has 0 spiro atoms. The summed E-state index contributed by atoms with van der Waals surface area (Å²) in [5.74, 6) is 0.222. The van der Waals surface area contributed by atoms with Gasteiger partial charge in [0.05, 0.1) is 10.0 Å². The molecule has 0 amide bonds. The van der Waals surface area contributed by atoms with Crippen molar-refractivity contribution in [3.63, 3.8) is 0 Å². The Kier molecular flexibility index (Phi) is 3.88. The molecule has 0 saturated carbocycles. The minimum atomic E-state index is -0.323. The monoisotopic (exact) mass is 325 g/mol. The van der Waals surface area contributed by atoms with Crippen LogP contribution in [0.2, 0.25) is 0 Å². The molecule has 0 aliphatic carbocycles. The topological polar surface area (TPSA) is 50.9 Å². The average Bonchev–Trinajstić information content (AvgIpc) is 2.34. The van der Waals surface area contributed by atoms with E-state index in [2.05, 4.69) is 26.2 Å². The van der Waals surface area contributed by atoms with Gasteiger partial charge >= 0.3 is 0 Å². The number of hydrogen-bond donors (Lipinski definition) is 2. The molecule has 0 radical (unpaired) electrons. The van der Waals surface area contributed by atoms with Crippen LogP contribution in [0.1, 0.15) is 5.56 Å². The minimum absolute atomic E-state index is 0.256. The van der Waals surface area contributed by atoms with Crippen molar-refractivity contribution in [1.82, 2.24) is 4.98 Å². The lowest BCUT2D eigenvalue weighted by atomic mass is 10.2. The van der Waals surface area contributed by atoms with Gasteiger partial charge in [0, 0.05) is 11.9 Å². The second-order valence-electron chi connectivity index (χ2n) is 3.52. The number of nitrogens with two attached hydrogens (primary N) is 1. The molecular weight excluding hydrogens is 317 g/mol. The summed E-state index contributed by atoms with van der Waals surface area (Å²) in [6, 6.07) is 8.11. The molecule has 3 nitrogen and oxygen atoms in total. The number of anilines is 2. The van der Waals surface area contributed by atoms with Crippen molar-refractivity contribution in [1.29, 1.82) is 0 Å². The van der Waals surface area contributed by atoms with Gasteiger partial charge in [-0.15, -0.1) is 0 Å². The number of rotatable bonds is 3. The maximum Gasteiger partial charge on any atom is 0.140 e. The third-order valence-electron chi connectivity index (χ3n) is 2.26. The van der Waals surface area contributed by atoms with Crippen molar-refractivity contribution in [2.24, 2.45) is 5.73 Å². The van der Waals surface area contributed by atoms with Crippen LogP contribution in [-0.2, 0) is 0 Å². The van der Waals surface area contributed by atoms with E-state index >= 15 is 0 Å². The Balaban J connectivity index is 2.34. The number of hydrogen-bond acceptors (Lipinski definition) is 3. The standard InChI is InChI=1S/C12H9BrFN3S/c13-9-6-7(3-4-10(9)14)17-12-8(11(15)18)2-1-5-16-12/h1-6H,(H2,15,18)(H,16,17). The van der Waals surface area contributed by atoms with Gasteiger partial charge in [-0.05, 0) is 46.3 Å². The predicted octanol–water partition coefficient (Wildman–Crippen LogP) is 3.36. The van der Waals surface area contributed by atoms with Crippen LogP contribution in [0.4, 0.5) is 15.9 Å². The number of thiocarbonyl (C=S) groups is 1. The van der Waals surface area contributed by atoms with Crippen molar-refractivity contribution in [3.8, 4) is 0 Å². The van der Waals surface area contributed by atoms with Crippen LogP contribution in [0.15, 0.2) is 41.0 Å². The predicted molar refractivity (Wildman–Crippen MR) is 77.5 cm³/mol. The normalized spacial score (nSPS) is 10.1. The third-order valence-corrected chi connectivity index (χ3v) is 3.08. The van der Waals surface area contributed by atoms with Gasteiger partial charge in [-0.25, -0.2) is 9.37 Å². The smallest absolute Gasteiger partial charge is 0.140 e. The van der Waals surface area contributed by atoms with E-state index in [1.165, 1.54) is 6.07 Å². The summed E-state index contributed by atoms with van der Waals surface area (Å²) < 4.78 is 13.5. The summed E-state index contributed by atoms with van der Waals surface area (Å²) in [4.78, 5) is 4.42. The highest BCUT2D eigenvalue weighted by atomic mass is 79.9. The Morgan fingerprint density at radius 3 is 2.83 bits per heavy atom. The number of pyridine rings is 1. The Bertz CT molecular complexity index is 604. The van der Waals surface area contributed by atoms with Gasteiger partial charge in [0.15, 0.2) is 0 Å². The van der Waals surface area contributed by atoms with Crippen LogP contribution >= 0.6 is 28.1 Å². The maximum atomic E-state index is 13.1. The highest BCUT2D eigenvalue weighted by molar-refractivity contribution is 9.10. The van der Waals surface area contributed by atoms with E-state index in [1.54, 1.807) is 30.5 Å². The van der Waals surface area contributed by atoms with Crippen molar-refractivity contribution >= 4 is 44.6 Å². The van der Waals surface area contributed by atoms with Crippen LogP contribution in [0.25, 0.3) is 0 Å². The molecule has 2 rings (SSSR count). The fraction of sp³-hybridized carbons (Fsp3) is 0. The SMILES string of the molecule is NC(=S)c1cccnc1Nc1ccc(F)c(Br)c1. The Morgan fingerprint density at radius 2 is 2.17 bits per heavy atom. The molecule has 0 unspecified atom stereocenters. The molecule has 2 aromatic rings. The van der Waals surface area contributed by atoms with Gasteiger partial charge < -0.3 is 11.1 Å². The largest absolute Gasteiger partial charge is 0.389 e. The molecule has 1 aromatic heterocycles. The second kappa shape index (κ2) is 5.41. The third kappa shape index (κ3) is 2.83. The molecule has 3 N–H and O–H groups in total. The summed E-state index contributed by atoms with van der Waals surface area (Å²) in [6.07, 6.45) is 1.63. The molecule has 0 atom stereocenters. The van der Waals surface area contributed by atoms with Gasteiger partial charge in [0.25, 0.3) is 0 Å². The van der Waals surface area contributed by atoms with Crippen molar-refractivity contribution in [2.75, 3.05) is 5.32 Å². The summed E-state index contributed by atoms with van der Waals surface area (Å²) >= 11 is 8.06. The second-order valence-corrected chi connectivity index (χ2v) is 4.81. The summed E-state index contributed by atoms with van der Waals surface area (Å²) in [6.45, 7) is 0. The molecule has 1 heterocycles. The quantitative estimate of drug-likeness (QED) is 0.849. The zero-order valence-electron chi connectivity index (χ0n) is 9.15. The first-order valence-corrected chi connectivity index (χ1v) is 6.25. The zero-order valence-corrected chi connectivity index (χ0v) is 11.6. The van der Waals surface area contributed by atoms with E-state index in [-0.39, 0.29) is 10.8 Å². The lowest BCUT2D eigenvalue weighted by Gasteiger charge is -2.10. The van der Waals surface area contributed by atoms with E-state index in [0.717, 1.165) is 0 Å². The molecule has 92 valence electrons. The molecular formula is C12H9BrFN3S. The van der Waals surface area contributed by atoms with Gasteiger partial charge in [-0.3, -0.25) is 0 Å². The summed E-state index contributed by atoms with van der Waals surface area (Å²) in [7, 11) is 0. The molecule has 18 heavy (non-hydrogen) atoms. The molecule has 1 aromatic carbocycles. The van der Waals surface area contributed by atoms with Gasteiger partial charge in [0.1, 0.15) is 16.6 Å². The first-order chi connectivity index (χ1) is 8.58. The van der Waals surface area contributed by atoms with E-state index in [1.807, 2.05) is 0 Å². The average molecular weight is 326 g/mol. The first kappa shape index (κ1) is 12.9. The number of halogens is 2. The highest BCUT2D eigenvalue weighted by Gasteiger charge is 2.07. The zero-order chi connectivity index (χ0) is 13.1. The molecule has 0 bridgehead atoms. The van der Waals surface area contributed by atoms with Crippen LogP contribution < -0.4 is 11.1 Å². The fourth-order valence-electron chi connectivity index (χ4n) is 1.41. The van der Waals surface area contributed by atoms with Crippen molar-refractivity contribution in [3.05, 3.63) is 52.4 Å². The van der Waals surface area contributed by atoms with Crippen molar-refractivity contribution in [2.45, 2.75) is 0 Å². The van der Waals surface area contributed by atoms with E-state index in [4.69, 9.17) is 18.0 Å². The van der Waals surface area contributed by atoms with Crippen LogP contribution in [0.3, 0.4) is 0 Å². The number of nitrogens with one attached hydrogen (secondary N) is 1. The van der Waals surface area contributed by atoms with Gasteiger partial charge in [0.2, 0.25) is 0 Å². The number of aromatic nitrogens is 1.